The normalized spacial score (nSPS) is 17.9. The van der Waals surface area contributed by atoms with E-state index in [1.807, 2.05) is 31.1 Å². The van der Waals surface area contributed by atoms with Gasteiger partial charge in [-0.2, -0.15) is 0 Å². The molecule has 6 heteroatoms. The quantitative estimate of drug-likeness (QED) is 0.889. The van der Waals surface area contributed by atoms with E-state index < -0.39 is 0 Å². The second kappa shape index (κ2) is 5.81. The molecule has 2 amide bonds. The lowest BCUT2D eigenvalue weighted by molar-refractivity contribution is 0.0915. The molecule has 0 spiro atoms. The molecule has 0 aromatic heterocycles. The van der Waals surface area contributed by atoms with Crippen molar-refractivity contribution in [2.45, 2.75) is 6.10 Å². The maximum Gasteiger partial charge on any atom is 0.410 e. The fraction of sp³-hybridized carbons (Fsp3) is 0.429. The third-order valence-electron chi connectivity index (χ3n) is 3.19. The number of rotatable bonds is 4. The fourth-order valence-electron chi connectivity index (χ4n) is 1.98. The Labute approximate surface area is 118 Å². The second-order valence-electron chi connectivity index (χ2n) is 5.04. The van der Waals surface area contributed by atoms with Crippen molar-refractivity contribution in [1.82, 2.24) is 10.2 Å². The lowest BCUT2D eigenvalue weighted by atomic mass is 10.2. The highest BCUT2D eigenvalue weighted by atomic mass is 16.6. The summed E-state index contributed by atoms with van der Waals surface area (Å²) in [7, 11) is 5.56. The van der Waals surface area contributed by atoms with Crippen molar-refractivity contribution in [3.8, 4) is 0 Å². The van der Waals surface area contributed by atoms with E-state index in [0.717, 1.165) is 5.69 Å². The molecule has 1 heterocycles. The molecular formula is C14H19N3O3. The van der Waals surface area contributed by atoms with Crippen LogP contribution >= 0.6 is 0 Å². The Hall–Kier alpha value is -2.24. The first kappa shape index (κ1) is 14.2. The Balaban J connectivity index is 1.87. The summed E-state index contributed by atoms with van der Waals surface area (Å²) in [5.41, 5.74) is 1.63. The van der Waals surface area contributed by atoms with Gasteiger partial charge in [0.2, 0.25) is 0 Å². The molecule has 1 saturated heterocycles. The van der Waals surface area contributed by atoms with Gasteiger partial charge in [-0.1, -0.05) is 0 Å². The SMILES string of the molecule is CN1CC(CNC(=O)c2ccc(N(C)C)cc2)OC1=O. The molecule has 1 aliphatic heterocycles. The summed E-state index contributed by atoms with van der Waals surface area (Å²) in [6, 6.07) is 7.32. The highest BCUT2D eigenvalue weighted by molar-refractivity contribution is 5.94. The zero-order valence-electron chi connectivity index (χ0n) is 11.9. The van der Waals surface area contributed by atoms with E-state index in [9.17, 15) is 9.59 Å². The number of nitrogens with one attached hydrogen (secondary N) is 1. The average molecular weight is 277 g/mol. The molecule has 1 aliphatic rings. The molecule has 2 rings (SSSR count). The predicted octanol–water partition coefficient (Wildman–Crippen LogP) is 0.933. The van der Waals surface area contributed by atoms with E-state index in [1.165, 1.54) is 4.90 Å². The van der Waals surface area contributed by atoms with Crippen LogP contribution in [0.1, 0.15) is 10.4 Å². The van der Waals surface area contributed by atoms with Crippen molar-refractivity contribution in [3.05, 3.63) is 29.8 Å². The van der Waals surface area contributed by atoms with Gasteiger partial charge in [-0.3, -0.25) is 4.79 Å². The molecule has 1 unspecified atom stereocenters. The molecule has 20 heavy (non-hydrogen) atoms. The molecule has 1 fully saturated rings. The lowest BCUT2D eigenvalue weighted by Crippen LogP contribution is -2.34. The summed E-state index contributed by atoms with van der Waals surface area (Å²) in [4.78, 5) is 26.6. The van der Waals surface area contributed by atoms with Gasteiger partial charge in [-0.15, -0.1) is 0 Å². The van der Waals surface area contributed by atoms with Crippen molar-refractivity contribution in [2.24, 2.45) is 0 Å². The van der Waals surface area contributed by atoms with Gasteiger partial charge in [0.05, 0.1) is 13.1 Å². The first-order valence-electron chi connectivity index (χ1n) is 6.44. The molecule has 0 radical (unpaired) electrons. The maximum atomic E-state index is 12.0. The van der Waals surface area contributed by atoms with Gasteiger partial charge in [0.1, 0.15) is 6.10 Å². The van der Waals surface area contributed by atoms with Crippen LogP contribution in [0.25, 0.3) is 0 Å². The molecule has 0 aliphatic carbocycles. The van der Waals surface area contributed by atoms with Crippen LogP contribution in [0, 0.1) is 0 Å². The molecule has 1 aromatic rings. The summed E-state index contributed by atoms with van der Waals surface area (Å²) in [6.07, 6.45) is -0.628. The van der Waals surface area contributed by atoms with Gasteiger partial charge < -0.3 is 19.9 Å². The van der Waals surface area contributed by atoms with Crippen LogP contribution < -0.4 is 10.2 Å². The number of anilines is 1. The molecule has 1 aromatic carbocycles. The van der Waals surface area contributed by atoms with E-state index in [-0.39, 0.29) is 18.1 Å². The van der Waals surface area contributed by atoms with E-state index >= 15 is 0 Å². The van der Waals surface area contributed by atoms with Crippen LogP contribution in [0.15, 0.2) is 24.3 Å². The topological polar surface area (TPSA) is 61.9 Å². The summed E-state index contributed by atoms with van der Waals surface area (Å²) < 4.78 is 5.08. The zero-order valence-corrected chi connectivity index (χ0v) is 11.9. The van der Waals surface area contributed by atoms with Crippen molar-refractivity contribution in [2.75, 3.05) is 39.1 Å². The number of carbonyl (C=O) groups excluding carboxylic acids is 2. The van der Waals surface area contributed by atoms with Crippen LogP contribution in [-0.4, -0.2) is 57.2 Å². The number of nitrogens with zero attached hydrogens (tertiary/aromatic N) is 2. The van der Waals surface area contributed by atoms with Crippen molar-refractivity contribution >= 4 is 17.7 Å². The van der Waals surface area contributed by atoms with Gasteiger partial charge in [-0.05, 0) is 24.3 Å². The first-order valence-corrected chi connectivity index (χ1v) is 6.44. The first-order chi connectivity index (χ1) is 9.47. The molecule has 6 nitrogen and oxygen atoms in total. The van der Waals surface area contributed by atoms with E-state index in [2.05, 4.69) is 5.32 Å². The number of carbonyl (C=O) groups is 2. The number of ether oxygens (including phenoxy) is 1. The number of cyclic esters (lactones) is 1. The van der Waals surface area contributed by atoms with Gasteiger partial charge >= 0.3 is 6.09 Å². The zero-order chi connectivity index (χ0) is 14.7. The largest absolute Gasteiger partial charge is 0.442 e. The van der Waals surface area contributed by atoms with Crippen LogP contribution in [0.2, 0.25) is 0 Å². The van der Waals surface area contributed by atoms with Crippen LogP contribution in [0.3, 0.4) is 0 Å². The van der Waals surface area contributed by atoms with E-state index in [4.69, 9.17) is 4.74 Å². The second-order valence-corrected chi connectivity index (χ2v) is 5.04. The highest BCUT2D eigenvalue weighted by Crippen LogP contribution is 2.12. The summed E-state index contributed by atoms with van der Waals surface area (Å²) >= 11 is 0. The molecule has 0 saturated carbocycles. The third-order valence-corrected chi connectivity index (χ3v) is 3.19. The lowest BCUT2D eigenvalue weighted by Gasteiger charge is -2.13. The molecule has 1 N–H and O–H groups in total. The maximum absolute atomic E-state index is 12.0. The summed E-state index contributed by atoms with van der Waals surface area (Å²) in [5, 5.41) is 2.77. The molecule has 1 atom stereocenters. The Morgan fingerprint density at radius 3 is 2.55 bits per heavy atom. The average Bonchev–Trinajstić information content (AvgIpc) is 2.75. The monoisotopic (exact) mass is 277 g/mol. The van der Waals surface area contributed by atoms with E-state index in [0.29, 0.717) is 18.7 Å². The van der Waals surface area contributed by atoms with Gasteiger partial charge in [0.25, 0.3) is 5.91 Å². The number of amides is 2. The molecule has 0 bridgehead atoms. The number of hydrogen-bond donors (Lipinski definition) is 1. The number of benzene rings is 1. The number of likely N-dealkylation sites (N-methyl/N-ethyl adjacent to an activating group) is 1. The van der Waals surface area contributed by atoms with E-state index in [1.54, 1.807) is 19.2 Å². The van der Waals surface area contributed by atoms with Gasteiger partial charge in [-0.25, -0.2) is 4.79 Å². The van der Waals surface area contributed by atoms with Crippen LogP contribution in [-0.2, 0) is 4.74 Å². The Morgan fingerprint density at radius 2 is 2.05 bits per heavy atom. The fourth-order valence-corrected chi connectivity index (χ4v) is 1.98. The Kier molecular flexibility index (Phi) is 4.12. The highest BCUT2D eigenvalue weighted by Gasteiger charge is 2.28. The van der Waals surface area contributed by atoms with Crippen molar-refractivity contribution in [3.63, 3.8) is 0 Å². The Morgan fingerprint density at radius 1 is 1.40 bits per heavy atom. The predicted molar refractivity (Wildman–Crippen MR) is 76.0 cm³/mol. The Bertz CT molecular complexity index is 499. The van der Waals surface area contributed by atoms with Crippen molar-refractivity contribution < 1.29 is 14.3 Å². The number of hydrogen-bond acceptors (Lipinski definition) is 4. The van der Waals surface area contributed by atoms with Crippen molar-refractivity contribution in [1.29, 1.82) is 0 Å². The molecule has 108 valence electrons. The third kappa shape index (κ3) is 3.20. The summed E-state index contributed by atoms with van der Waals surface area (Å²) in [5.74, 6) is -0.166. The van der Waals surface area contributed by atoms with Crippen LogP contribution in [0.5, 0.6) is 0 Å². The molecular weight excluding hydrogens is 258 g/mol. The minimum atomic E-state index is -0.348. The minimum Gasteiger partial charge on any atom is -0.442 e. The van der Waals surface area contributed by atoms with Gasteiger partial charge in [0.15, 0.2) is 0 Å². The minimum absolute atomic E-state index is 0.166. The standard InChI is InChI=1S/C14H19N3O3/c1-16(2)11-6-4-10(5-7-11)13(18)15-8-12-9-17(3)14(19)20-12/h4-7,12H,8-9H2,1-3H3,(H,15,18). The van der Waals surface area contributed by atoms with Crippen LogP contribution in [0.4, 0.5) is 10.5 Å². The summed E-state index contributed by atoms with van der Waals surface area (Å²) in [6.45, 7) is 0.822. The van der Waals surface area contributed by atoms with Gasteiger partial charge in [0, 0.05) is 32.4 Å². The smallest absolute Gasteiger partial charge is 0.410 e.